The summed E-state index contributed by atoms with van der Waals surface area (Å²) in [6, 6.07) is 18.7. The third kappa shape index (κ3) is 1.61. The van der Waals surface area contributed by atoms with Crippen molar-refractivity contribution in [2.24, 2.45) is 0 Å². The predicted molar refractivity (Wildman–Crippen MR) is 64.6 cm³/mol. The normalized spacial score (nSPS) is 10.8. The van der Waals surface area contributed by atoms with Gasteiger partial charge in [-0.05, 0) is 29.7 Å². The minimum atomic E-state index is 0.956. The minimum Gasteiger partial charge on any atom is -0.464 e. The summed E-state index contributed by atoms with van der Waals surface area (Å²) in [5, 5.41) is 0. The lowest BCUT2D eigenvalue weighted by molar-refractivity contribution is 0.565. The van der Waals surface area contributed by atoms with Gasteiger partial charge < -0.3 is 4.42 Å². The van der Waals surface area contributed by atoms with Crippen LogP contribution in [0.5, 0.6) is 0 Å². The lowest BCUT2D eigenvalue weighted by Crippen LogP contribution is -1.90. The monoisotopic (exact) mass is 208 g/mol. The Kier molecular flexibility index (Phi) is 2.22. The van der Waals surface area contributed by atoms with Crippen LogP contribution < -0.4 is 0 Å². The standard InChI is InChI=1S/C15H12O/c1-2-5-12(6-3-1)11-13-9-10-16-15-8-4-7-14(13)15/h1-10H,11H2. The van der Waals surface area contributed by atoms with E-state index in [1.54, 1.807) is 6.26 Å². The summed E-state index contributed by atoms with van der Waals surface area (Å²) >= 11 is 0. The maximum atomic E-state index is 5.43. The van der Waals surface area contributed by atoms with Crippen LogP contribution in [0.1, 0.15) is 11.1 Å². The number of rotatable bonds is 2. The van der Waals surface area contributed by atoms with E-state index >= 15 is 0 Å². The molecule has 3 rings (SSSR count). The van der Waals surface area contributed by atoms with Gasteiger partial charge in [0.05, 0.1) is 6.26 Å². The average Bonchev–Trinajstić information content (AvgIpc) is 2.80. The summed E-state index contributed by atoms with van der Waals surface area (Å²) in [5.74, 6) is 0.966. The van der Waals surface area contributed by atoms with Crippen LogP contribution in [0.15, 0.2) is 65.3 Å². The fourth-order valence-corrected chi connectivity index (χ4v) is 2.02. The zero-order valence-electron chi connectivity index (χ0n) is 8.89. The van der Waals surface area contributed by atoms with Crippen LogP contribution in [0.4, 0.5) is 0 Å². The molecule has 1 nitrogen and oxygen atoms in total. The Morgan fingerprint density at radius 3 is 2.56 bits per heavy atom. The van der Waals surface area contributed by atoms with E-state index in [9.17, 15) is 0 Å². The molecule has 78 valence electrons. The Hall–Kier alpha value is -2.02. The number of benzene rings is 1. The van der Waals surface area contributed by atoms with Crippen molar-refractivity contribution in [3.63, 3.8) is 0 Å². The van der Waals surface area contributed by atoms with Crippen LogP contribution in [0, 0.1) is 0 Å². The van der Waals surface area contributed by atoms with Crippen LogP contribution in [0.25, 0.3) is 11.3 Å². The third-order valence-electron chi connectivity index (χ3n) is 2.82. The molecule has 0 aromatic heterocycles. The molecule has 16 heavy (non-hydrogen) atoms. The van der Waals surface area contributed by atoms with Gasteiger partial charge in [-0.15, -0.1) is 0 Å². The van der Waals surface area contributed by atoms with Crippen molar-refractivity contribution in [1.82, 2.24) is 0 Å². The van der Waals surface area contributed by atoms with Crippen molar-refractivity contribution in [3.8, 4) is 11.3 Å². The molecule has 0 fully saturated rings. The highest BCUT2D eigenvalue weighted by molar-refractivity contribution is 5.65. The number of hydrogen-bond acceptors (Lipinski definition) is 1. The second-order valence-corrected chi connectivity index (χ2v) is 3.91. The van der Waals surface area contributed by atoms with Crippen molar-refractivity contribution in [3.05, 3.63) is 72.0 Å². The van der Waals surface area contributed by atoms with Gasteiger partial charge in [-0.3, -0.25) is 0 Å². The Morgan fingerprint density at radius 1 is 0.812 bits per heavy atom. The third-order valence-corrected chi connectivity index (χ3v) is 2.82. The van der Waals surface area contributed by atoms with Crippen molar-refractivity contribution in [2.75, 3.05) is 0 Å². The van der Waals surface area contributed by atoms with Gasteiger partial charge in [-0.2, -0.15) is 0 Å². The SMILES string of the molecule is c1ccc(Cc2ccoc3cccc2-3)cc1. The van der Waals surface area contributed by atoms with Gasteiger partial charge in [-0.1, -0.05) is 42.5 Å². The molecular weight excluding hydrogens is 196 g/mol. The van der Waals surface area contributed by atoms with Gasteiger partial charge >= 0.3 is 0 Å². The van der Waals surface area contributed by atoms with Crippen molar-refractivity contribution in [2.45, 2.75) is 6.42 Å². The molecule has 0 amide bonds. The summed E-state index contributed by atoms with van der Waals surface area (Å²) < 4.78 is 5.43. The molecule has 0 saturated carbocycles. The highest BCUT2D eigenvalue weighted by atomic mass is 16.3. The first-order chi connectivity index (χ1) is 7.93. The van der Waals surface area contributed by atoms with E-state index in [0.29, 0.717) is 0 Å². The molecule has 2 aliphatic rings. The first-order valence-electron chi connectivity index (χ1n) is 5.42. The predicted octanol–water partition coefficient (Wildman–Crippen LogP) is 3.98. The highest BCUT2D eigenvalue weighted by Crippen LogP contribution is 2.28. The molecule has 0 spiro atoms. The number of hydrogen-bond donors (Lipinski definition) is 0. The second kappa shape index (κ2) is 3.86. The van der Waals surface area contributed by atoms with E-state index in [-0.39, 0.29) is 0 Å². The van der Waals surface area contributed by atoms with Gasteiger partial charge in [0, 0.05) is 5.56 Å². The average molecular weight is 208 g/mol. The van der Waals surface area contributed by atoms with Gasteiger partial charge in [-0.25, -0.2) is 0 Å². The first-order valence-corrected chi connectivity index (χ1v) is 5.42. The molecule has 1 heterocycles. The van der Waals surface area contributed by atoms with Crippen molar-refractivity contribution >= 4 is 0 Å². The molecule has 0 saturated heterocycles. The summed E-state index contributed by atoms with van der Waals surface area (Å²) in [5.41, 5.74) is 3.86. The maximum absolute atomic E-state index is 5.43. The van der Waals surface area contributed by atoms with Crippen molar-refractivity contribution in [1.29, 1.82) is 0 Å². The van der Waals surface area contributed by atoms with Crippen LogP contribution >= 0.6 is 0 Å². The molecule has 0 atom stereocenters. The van der Waals surface area contributed by atoms with E-state index in [1.165, 1.54) is 16.7 Å². The summed E-state index contributed by atoms with van der Waals surface area (Å²) in [6.45, 7) is 0. The molecule has 0 radical (unpaired) electrons. The quantitative estimate of drug-likeness (QED) is 0.621. The lowest BCUT2D eigenvalue weighted by atomic mass is 10.0. The smallest absolute Gasteiger partial charge is 0.134 e. The van der Waals surface area contributed by atoms with E-state index in [0.717, 1.165) is 12.2 Å². The summed E-state index contributed by atoms with van der Waals surface area (Å²) in [6.07, 6.45) is 2.72. The van der Waals surface area contributed by atoms with Crippen molar-refractivity contribution < 1.29 is 4.42 Å². The molecule has 1 aromatic carbocycles. The van der Waals surface area contributed by atoms with Crippen LogP contribution in [0.2, 0.25) is 0 Å². The molecular formula is C15H12O. The van der Waals surface area contributed by atoms with Gasteiger partial charge in [0.1, 0.15) is 5.76 Å². The summed E-state index contributed by atoms with van der Waals surface area (Å²) in [4.78, 5) is 0. The maximum Gasteiger partial charge on any atom is 0.134 e. The summed E-state index contributed by atoms with van der Waals surface area (Å²) in [7, 11) is 0. The molecule has 1 aromatic rings. The Bertz CT molecular complexity index is 551. The largest absolute Gasteiger partial charge is 0.464 e. The first kappa shape index (κ1) is 9.22. The minimum absolute atomic E-state index is 0.956. The lowest BCUT2D eigenvalue weighted by Gasteiger charge is -2.06. The van der Waals surface area contributed by atoms with Gasteiger partial charge in [0.15, 0.2) is 0 Å². The van der Waals surface area contributed by atoms with Gasteiger partial charge in [0.2, 0.25) is 0 Å². The fourth-order valence-electron chi connectivity index (χ4n) is 2.02. The van der Waals surface area contributed by atoms with E-state index in [2.05, 4.69) is 36.4 Å². The Balaban J connectivity index is 1.99. The molecule has 0 bridgehead atoms. The number of fused-ring (bicyclic) bond motifs is 1. The van der Waals surface area contributed by atoms with E-state index in [4.69, 9.17) is 4.42 Å². The van der Waals surface area contributed by atoms with Crippen LogP contribution in [0.3, 0.4) is 0 Å². The van der Waals surface area contributed by atoms with Gasteiger partial charge in [0.25, 0.3) is 0 Å². The molecule has 1 heteroatoms. The van der Waals surface area contributed by atoms with E-state index < -0.39 is 0 Å². The molecule has 0 unspecified atom stereocenters. The zero-order valence-corrected chi connectivity index (χ0v) is 8.89. The topological polar surface area (TPSA) is 13.1 Å². The second-order valence-electron chi connectivity index (χ2n) is 3.91. The molecule has 0 N–H and O–H groups in total. The molecule has 1 aliphatic heterocycles. The fraction of sp³-hybridized carbons (Fsp3) is 0.0667. The molecule has 1 aliphatic carbocycles. The van der Waals surface area contributed by atoms with Crippen LogP contribution in [-0.4, -0.2) is 0 Å². The van der Waals surface area contributed by atoms with E-state index in [1.807, 2.05) is 18.2 Å². The Labute approximate surface area is 94.7 Å². The Morgan fingerprint density at radius 2 is 1.69 bits per heavy atom. The zero-order chi connectivity index (χ0) is 10.8. The highest BCUT2D eigenvalue weighted by Gasteiger charge is 2.09. The van der Waals surface area contributed by atoms with Crippen LogP contribution in [-0.2, 0) is 6.42 Å².